The van der Waals surface area contributed by atoms with Crippen molar-refractivity contribution in [2.75, 3.05) is 7.11 Å². The van der Waals surface area contributed by atoms with Crippen molar-refractivity contribution in [1.29, 1.82) is 0 Å². The topological polar surface area (TPSA) is 57.4 Å². The van der Waals surface area contributed by atoms with Gasteiger partial charge in [-0.05, 0) is 37.0 Å². The molecule has 1 aromatic heterocycles. The Morgan fingerprint density at radius 2 is 2.19 bits per heavy atom. The summed E-state index contributed by atoms with van der Waals surface area (Å²) in [5.74, 6) is 1.73. The molecule has 0 saturated carbocycles. The Balaban J connectivity index is 1.78. The van der Waals surface area contributed by atoms with Gasteiger partial charge < -0.3 is 15.2 Å². The Hall–Kier alpha value is -2.07. The lowest BCUT2D eigenvalue weighted by Gasteiger charge is -2.12. The van der Waals surface area contributed by atoms with Crippen molar-refractivity contribution in [1.82, 2.24) is 4.98 Å². The van der Waals surface area contributed by atoms with Gasteiger partial charge in [0.05, 0.1) is 12.8 Å². The lowest BCUT2D eigenvalue weighted by atomic mass is 10.1. The summed E-state index contributed by atoms with van der Waals surface area (Å²) in [4.78, 5) is 4.48. The standard InChI is InChI=1S/C17H20N2O2/c1-11-8-13(20-2)9-12(19-11)10-21-17-5-3-4-14-15(17)6-7-16(14)18/h3-5,8-9,16H,6-7,10,18H2,1-2H3. The molecule has 4 heteroatoms. The van der Waals surface area contributed by atoms with E-state index in [1.54, 1.807) is 7.11 Å². The van der Waals surface area contributed by atoms with E-state index in [4.69, 9.17) is 15.2 Å². The molecule has 1 aliphatic rings. The van der Waals surface area contributed by atoms with Gasteiger partial charge in [0.25, 0.3) is 0 Å². The first-order valence-electron chi connectivity index (χ1n) is 7.19. The predicted molar refractivity (Wildman–Crippen MR) is 81.5 cm³/mol. The van der Waals surface area contributed by atoms with Crippen molar-refractivity contribution >= 4 is 0 Å². The van der Waals surface area contributed by atoms with Crippen LogP contribution in [0, 0.1) is 6.92 Å². The number of methoxy groups -OCH3 is 1. The lowest BCUT2D eigenvalue weighted by molar-refractivity contribution is 0.297. The van der Waals surface area contributed by atoms with Crippen molar-refractivity contribution < 1.29 is 9.47 Å². The number of ether oxygens (including phenoxy) is 2. The van der Waals surface area contributed by atoms with Crippen LogP contribution in [0.3, 0.4) is 0 Å². The van der Waals surface area contributed by atoms with Gasteiger partial charge in [0.15, 0.2) is 0 Å². The summed E-state index contributed by atoms with van der Waals surface area (Å²) in [6.45, 7) is 2.38. The normalized spacial score (nSPS) is 16.6. The second kappa shape index (κ2) is 5.74. The number of benzene rings is 1. The van der Waals surface area contributed by atoms with Crippen molar-refractivity contribution in [3.05, 3.63) is 52.8 Å². The minimum atomic E-state index is 0.140. The molecule has 21 heavy (non-hydrogen) atoms. The van der Waals surface area contributed by atoms with E-state index < -0.39 is 0 Å². The van der Waals surface area contributed by atoms with E-state index in [0.717, 1.165) is 35.7 Å². The number of hydrogen-bond acceptors (Lipinski definition) is 4. The maximum Gasteiger partial charge on any atom is 0.130 e. The molecule has 1 atom stereocenters. The number of pyridine rings is 1. The van der Waals surface area contributed by atoms with Crippen LogP contribution >= 0.6 is 0 Å². The monoisotopic (exact) mass is 284 g/mol. The van der Waals surface area contributed by atoms with E-state index in [9.17, 15) is 0 Å². The number of nitrogens with zero attached hydrogens (tertiary/aromatic N) is 1. The molecular formula is C17H20N2O2. The fourth-order valence-corrected chi connectivity index (χ4v) is 2.83. The zero-order valence-corrected chi connectivity index (χ0v) is 12.4. The molecule has 2 N–H and O–H groups in total. The Labute approximate surface area is 124 Å². The number of nitrogens with two attached hydrogens (primary N) is 1. The fraction of sp³-hybridized carbons (Fsp3) is 0.353. The molecule has 1 unspecified atom stereocenters. The molecule has 4 nitrogen and oxygen atoms in total. The Bertz CT molecular complexity index is 655. The summed E-state index contributed by atoms with van der Waals surface area (Å²) >= 11 is 0. The first-order valence-corrected chi connectivity index (χ1v) is 7.19. The third-order valence-corrected chi connectivity index (χ3v) is 3.87. The highest BCUT2D eigenvalue weighted by molar-refractivity contribution is 5.45. The zero-order valence-electron chi connectivity index (χ0n) is 12.4. The largest absolute Gasteiger partial charge is 0.497 e. The van der Waals surface area contributed by atoms with Crippen LogP contribution in [0.25, 0.3) is 0 Å². The average Bonchev–Trinajstić information content (AvgIpc) is 2.87. The Morgan fingerprint density at radius 3 is 3.00 bits per heavy atom. The van der Waals surface area contributed by atoms with Crippen LogP contribution in [-0.4, -0.2) is 12.1 Å². The summed E-state index contributed by atoms with van der Waals surface area (Å²) in [5, 5.41) is 0. The van der Waals surface area contributed by atoms with Crippen LogP contribution in [0.5, 0.6) is 11.5 Å². The molecule has 110 valence electrons. The summed E-state index contributed by atoms with van der Waals surface area (Å²) < 4.78 is 11.2. The van der Waals surface area contributed by atoms with Crippen LogP contribution in [0.4, 0.5) is 0 Å². The first kappa shape index (κ1) is 13.9. The molecular weight excluding hydrogens is 264 g/mol. The molecule has 0 fully saturated rings. The minimum Gasteiger partial charge on any atom is -0.497 e. The smallest absolute Gasteiger partial charge is 0.130 e. The molecule has 1 heterocycles. The van der Waals surface area contributed by atoms with Gasteiger partial charge in [-0.2, -0.15) is 0 Å². The SMILES string of the molecule is COc1cc(C)nc(COc2cccc3c2CCC3N)c1. The summed E-state index contributed by atoms with van der Waals surface area (Å²) in [6, 6.07) is 10.0. The minimum absolute atomic E-state index is 0.140. The summed E-state index contributed by atoms with van der Waals surface area (Å²) in [6.07, 6.45) is 1.98. The van der Waals surface area contributed by atoms with E-state index >= 15 is 0 Å². The van der Waals surface area contributed by atoms with Gasteiger partial charge in [-0.3, -0.25) is 4.98 Å². The van der Waals surface area contributed by atoms with Crippen molar-refractivity contribution in [3.8, 4) is 11.5 Å². The second-order valence-electron chi connectivity index (χ2n) is 5.40. The zero-order chi connectivity index (χ0) is 14.8. The molecule has 0 spiro atoms. The molecule has 1 aliphatic carbocycles. The van der Waals surface area contributed by atoms with Crippen LogP contribution < -0.4 is 15.2 Å². The maximum atomic E-state index is 6.10. The summed E-state index contributed by atoms with van der Waals surface area (Å²) in [5.41, 5.74) is 10.3. The number of aromatic nitrogens is 1. The number of hydrogen-bond donors (Lipinski definition) is 1. The van der Waals surface area contributed by atoms with Gasteiger partial charge in [0, 0.05) is 23.9 Å². The third kappa shape index (κ3) is 2.85. The number of rotatable bonds is 4. The van der Waals surface area contributed by atoms with Crippen LogP contribution in [0.1, 0.15) is 35.0 Å². The highest BCUT2D eigenvalue weighted by Crippen LogP contribution is 2.35. The van der Waals surface area contributed by atoms with Gasteiger partial charge in [0.2, 0.25) is 0 Å². The molecule has 0 saturated heterocycles. The highest BCUT2D eigenvalue weighted by atomic mass is 16.5. The Morgan fingerprint density at radius 1 is 1.33 bits per heavy atom. The fourth-order valence-electron chi connectivity index (χ4n) is 2.83. The summed E-state index contributed by atoms with van der Waals surface area (Å²) in [7, 11) is 1.66. The molecule has 1 aromatic carbocycles. The molecule has 0 radical (unpaired) electrons. The quantitative estimate of drug-likeness (QED) is 0.938. The lowest BCUT2D eigenvalue weighted by Crippen LogP contribution is -2.05. The van der Waals surface area contributed by atoms with E-state index in [1.807, 2.05) is 31.2 Å². The second-order valence-corrected chi connectivity index (χ2v) is 5.40. The number of fused-ring (bicyclic) bond motifs is 1. The van der Waals surface area contributed by atoms with Crippen LogP contribution in [-0.2, 0) is 13.0 Å². The van der Waals surface area contributed by atoms with Gasteiger partial charge in [-0.1, -0.05) is 12.1 Å². The third-order valence-electron chi connectivity index (χ3n) is 3.87. The van der Waals surface area contributed by atoms with Crippen molar-refractivity contribution in [2.45, 2.75) is 32.4 Å². The maximum absolute atomic E-state index is 6.10. The highest BCUT2D eigenvalue weighted by Gasteiger charge is 2.22. The average molecular weight is 284 g/mol. The molecule has 0 aliphatic heterocycles. The van der Waals surface area contributed by atoms with Gasteiger partial charge in [-0.25, -0.2) is 0 Å². The van der Waals surface area contributed by atoms with Gasteiger partial charge >= 0.3 is 0 Å². The van der Waals surface area contributed by atoms with Crippen molar-refractivity contribution in [3.63, 3.8) is 0 Å². The van der Waals surface area contributed by atoms with E-state index in [1.165, 1.54) is 11.1 Å². The molecule has 0 amide bonds. The van der Waals surface area contributed by atoms with Crippen molar-refractivity contribution in [2.24, 2.45) is 5.73 Å². The first-order chi connectivity index (χ1) is 10.2. The van der Waals surface area contributed by atoms with Gasteiger partial charge in [0.1, 0.15) is 18.1 Å². The van der Waals surface area contributed by atoms with E-state index in [0.29, 0.717) is 6.61 Å². The predicted octanol–water partition coefficient (Wildman–Crippen LogP) is 2.92. The molecule has 3 rings (SSSR count). The molecule has 0 bridgehead atoms. The Kier molecular flexibility index (Phi) is 3.80. The van der Waals surface area contributed by atoms with Gasteiger partial charge in [-0.15, -0.1) is 0 Å². The van der Waals surface area contributed by atoms with Crippen LogP contribution in [0.15, 0.2) is 30.3 Å². The number of aryl methyl sites for hydroxylation is 1. The van der Waals surface area contributed by atoms with E-state index in [-0.39, 0.29) is 6.04 Å². The molecule has 2 aromatic rings. The van der Waals surface area contributed by atoms with E-state index in [2.05, 4.69) is 11.1 Å². The van der Waals surface area contributed by atoms with Crippen LogP contribution in [0.2, 0.25) is 0 Å².